The fourth-order valence-corrected chi connectivity index (χ4v) is 5.52. The number of nitrogens with zero attached hydrogens (tertiary/aromatic N) is 1. The third kappa shape index (κ3) is 4.60. The lowest BCUT2D eigenvalue weighted by Crippen LogP contribution is -2.43. The van der Waals surface area contributed by atoms with Crippen molar-refractivity contribution in [2.75, 3.05) is 27.3 Å². The molecule has 198 valence electrons. The second-order valence-electron chi connectivity index (χ2n) is 10.2. The molecular weight excluding hydrogens is 490 g/mol. The first-order valence-corrected chi connectivity index (χ1v) is 12.4. The average molecular weight is 521 g/mol. The Hall–Kier alpha value is -3.91. The van der Waals surface area contributed by atoms with Crippen LogP contribution in [-0.4, -0.2) is 53.9 Å². The molecule has 1 unspecified atom stereocenters. The van der Waals surface area contributed by atoms with Crippen molar-refractivity contribution in [3.05, 3.63) is 82.8 Å². The van der Waals surface area contributed by atoms with E-state index in [1.807, 2.05) is 29.2 Å². The molecule has 6 nitrogen and oxygen atoms in total. The number of aromatic amines is 1. The van der Waals surface area contributed by atoms with E-state index in [0.717, 1.165) is 22.2 Å². The fourth-order valence-electron chi connectivity index (χ4n) is 5.52. The molecule has 8 heteroatoms. The summed E-state index contributed by atoms with van der Waals surface area (Å²) < 4.78 is 42.3. The summed E-state index contributed by atoms with van der Waals surface area (Å²) in [5.41, 5.74) is 2.75. The van der Waals surface area contributed by atoms with Gasteiger partial charge in [0.1, 0.15) is 23.0 Å². The normalized spacial score (nSPS) is 15.9. The molecule has 0 amide bonds. The number of hydrogen-bond acceptors (Lipinski definition) is 4. The predicted molar refractivity (Wildman–Crippen MR) is 143 cm³/mol. The first-order chi connectivity index (χ1) is 18.1. The van der Waals surface area contributed by atoms with Crippen molar-refractivity contribution in [1.82, 2.24) is 9.88 Å². The Bertz CT molecular complexity index is 1520. The summed E-state index contributed by atoms with van der Waals surface area (Å²) in [5, 5.41) is 10.4. The molecule has 5 rings (SSSR count). The smallest absolute Gasteiger partial charge is 0.335 e. The molecule has 38 heavy (non-hydrogen) atoms. The highest BCUT2D eigenvalue weighted by Gasteiger charge is 2.38. The van der Waals surface area contributed by atoms with Gasteiger partial charge in [0.15, 0.2) is 0 Å². The molecule has 0 bridgehead atoms. The van der Waals surface area contributed by atoms with Gasteiger partial charge in [0.25, 0.3) is 0 Å². The molecule has 0 spiro atoms. The molecule has 0 radical (unpaired) electrons. The van der Waals surface area contributed by atoms with E-state index in [9.17, 15) is 14.3 Å². The van der Waals surface area contributed by atoms with E-state index in [2.05, 4.69) is 4.98 Å². The number of alkyl halides is 1. The van der Waals surface area contributed by atoms with Crippen LogP contribution in [0.5, 0.6) is 11.5 Å². The minimum atomic E-state index is -1.50. The number of para-hydroxylation sites is 1. The molecule has 1 aliphatic heterocycles. The van der Waals surface area contributed by atoms with Crippen LogP contribution in [0.25, 0.3) is 22.0 Å². The van der Waals surface area contributed by atoms with Crippen molar-refractivity contribution in [3.63, 3.8) is 0 Å². The number of fused-ring (bicyclic) bond motifs is 3. The minimum Gasteiger partial charge on any atom is -0.496 e. The van der Waals surface area contributed by atoms with Gasteiger partial charge in [0.2, 0.25) is 0 Å². The van der Waals surface area contributed by atoms with E-state index in [1.54, 1.807) is 12.1 Å². The first kappa shape index (κ1) is 25.7. The number of aromatic nitrogens is 1. The van der Waals surface area contributed by atoms with E-state index in [0.29, 0.717) is 41.2 Å². The van der Waals surface area contributed by atoms with Crippen LogP contribution >= 0.6 is 0 Å². The summed E-state index contributed by atoms with van der Waals surface area (Å²) in [7, 11) is 2.91. The molecule has 4 aromatic rings. The Balaban J connectivity index is 1.69. The maximum absolute atomic E-state index is 16.2. The van der Waals surface area contributed by atoms with Gasteiger partial charge in [-0.05, 0) is 67.8 Å². The number of benzene rings is 3. The van der Waals surface area contributed by atoms with Gasteiger partial charge >= 0.3 is 5.97 Å². The number of rotatable bonds is 7. The Morgan fingerprint density at radius 3 is 2.53 bits per heavy atom. The van der Waals surface area contributed by atoms with Gasteiger partial charge in [-0.15, -0.1) is 0 Å². The number of aromatic carboxylic acids is 1. The maximum atomic E-state index is 16.2. The summed E-state index contributed by atoms with van der Waals surface area (Å²) >= 11 is 0. The predicted octanol–water partition coefficient (Wildman–Crippen LogP) is 6.39. The first-order valence-electron chi connectivity index (χ1n) is 12.4. The molecule has 0 aliphatic carbocycles. The molecule has 1 aliphatic rings. The number of nitrogens with one attached hydrogen (secondary N) is 1. The molecule has 3 aromatic carbocycles. The number of H-pyrrole nitrogens is 1. The monoisotopic (exact) mass is 520 g/mol. The van der Waals surface area contributed by atoms with Crippen molar-refractivity contribution in [2.24, 2.45) is 0 Å². The number of carboxylic acid groups (broad SMARTS) is 1. The van der Waals surface area contributed by atoms with Gasteiger partial charge in [-0.1, -0.05) is 18.2 Å². The number of methoxy groups -OCH3 is 2. The van der Waals surface area contributed by atoms with Crippen molar-refractivity contribution in [1.29, 1.82) is 0 Å². The van der Waals surface area contributed by atoms with Crippen molar-refractivity contribution in [3.8, 4) is 22.6 Å². The van der Waals surface area contributed by atoms with E-state index in [1.165, 1.54) is 46.3 Å². The zero-order valence-corrected chi connectivity index (χ0v) is 21.8. The van der Waals surface area contributed by atoms with E-state index in [-0.39, 0.29) is 12.1 Å². The highest BCUT2D eigenvalue weighted by atomic mass is 19.1. The summed E-state index contributed by atoms with van der Waals surface area (Å²) in [6, 6.07) is 14.9. The fraction of sp³-hybridized carbons (Fsp3) is 0.300. The van der Waals surface area contributed by atoms with Crippen LogP contribution in [-0.2, 0) is 6.42 Å². The van der Waals surface area contributed by atoms with Gasteiger partial charge in [-0.3, -0.25) is 4.90 Å². The van der Waals surface area contributed by atoms with E-state index < -0.39 is 23.5 Å². The van der Waals surface area contributed by atoms with Gasteiger partial charge in [0.05, 0.1) is 31.4 Å². The second-order valence-corrected chi connectivity index (χ2v) is 10.2. The Morgan fingerprint density at radius 2 is 1.84 bits per heavy atom. The van der Waals surface area contributed by atoms with Crippen LogP contribution in [0, 0.1) is 5.82 Å². The van der Waals surface area contributed by atoms with Crippen LogP contribution in [0.2, 0.25) is 0 Å². The van der Waals surface area contributed by atoms with Gasteiger partial charge in [-0.2, -0.15) is 0 Å². The highest BCUT2D eigenvalue weighted by molar-refractivity contribution is 5.90. The number of carboxylic acids is 1. The minimum absolute atomic E-state index is 0.0627. The molecule has 2 N–H and O–H groups in total. The van der Waals surface area contributed by atoms with Crippen LogP contribution in [0.3, 0.4) is 0 Å². The summed E-state index contributed by atoms with van der Waals surface area (Å²) in [5.74, 6) is -0.990. The summed E-state index contributed by atoms with van der Waals surface area (Å²) in [6.07, 6.45) is 0.709. The Kier molecular flexibility index (Phi) is 6.61. The van der Waals surface area contributed by atoms with Gasteiger partial charge in [0, 0.05) is 35.2 Å². The van der Waals surface area contributed by atoms with Gasteiger partial charge in [-0.25, -0.2) is 13.6 Å². The van der Waals surface area contributed by atoms with E-state index in [4.69, 9.17) is 9.47 Å². The third-order valence-electron chi connectivity index (χ3n) is 7.06. The zero-order valence-electron chi connectivity index (χ0n) is 21.8. The third-order valence-corrected chi connectivity index (χ3v) is 7.06. The summed E-state index contributed by atoms with van der Waals surface area (Å²) in [6.45, 7) is 3.71. The van der Waals surface area contributed by atoms with Crippen LogP contribution in [0.4, 0.5) is 8.78 Å². The topological polar surface area (TPSA) is 74.8 Å². The van der Waals surface area contributed by atoms with E-state index >= 15 is 4.39 Å². The molecule has 0 saturated heterocycles. The maximum Gasteiger partial charge on any atom is 0.335 e. The quantitative estimate of drug-likeness (QED) is 0.296. The molecule has 1 aromatic heterocycles. The lowest BCUT2D eigenvalue weighted by Gasteiger charge is -2.39. The Labute approximate surface area is 219 Å². The van der Waals surface area contributed by atoms with Crippen molar-refractivity contribution < 1.29 is 28.2 Å². The van der Waals surface area contributed by atoms with Crippen LogP contribution in [0.15, 0.2) is 54.6 Å². The lowest BCUT2D eigenvalue weighted by atomic mass is 9.89. The average Bonchev–Trinajstić information content (AvgIpc) is 3.26. The number of ether oxygens (including phenoxy) is 2. The standard InChI is InChI=1S/C30H30F2N2O4/c1-30(2,32)16-34-12-11-21-20-7-5-6-8-23(20)33-27(21)28(34)26-22(31)13-18(15-25(26)38-4)19-10-9-17(29(35)36)14-24(19)37-3/h5-10,13-15,28,33H,11-12,16H2,1-4H3,(H,35,36). The molecule has 0 saturated carbocycles. The lowest BCUT2D eigenvalue weighted by molar-refractivity contribution is 0.0696. The Morgan fingerprint density at radius 1 is 1.11 bits per heavy atom. The molecule has 2 heterocycles. The summed E-state index contributed by atoms with van der Waals surface area (Å²) in [4.78, 5) is 16.9. The molecule has 1 atom stereocenters. The van der Waals surface area contributed by atoms with Crippen LogP contribution in [0.1, 0.15) is 47.1 Å². The zero-order chi connectivity index (χ0) is 27.2. The van der Waals surface area contributed by atoms with Crippen molar-refractivity contribution >= 4 is 16.9 Å². The van der Waals surface area contributed by atoms with Gasteiger partial charge < -0.3 is 19.6 Å². The number of carbonyl (C=O) groups is 1. The van der Waals surface area contributed by atoms with Crippen molar-refractivity contribution in [2.45, 2.75) is 32.0 Å². The number of hydrogen-bond donors (Lipinski definition) is 2. The molecular formula is C30H30F2N2O4. The molecule has 0 fully saturated rings. The second kappa shape index (κ2) is 9.76. The SMILES string of the molecule is COc1cc(C(=O)O)ccc1-c1cc(F)c(C2c3[nH]c4ccccc4c3CCN2CC(C)(C)F)c(OC)c1. The number of halogens is 2. The largest absolute Gasteiger partial charge is 0.496 e. The highest BCUT2D eigenvalue weighted by Crippen LogP contribution is 2.45. The van der Waals surface area contributed by atoms with Crippen LogP contribution < -0.4 is 9.47 Å².